The highest BCUT2D eigenvalue weighted by Crippen LogP contribution is 2.53. The van der Waals surface area contributed by atoms with Crippen LogP contribution in [-0.4, -0.2) is 18.0 Å². The van der Waals surface area contributed by atoms with Gasteiger partial charge in [0.05, 0.1) is 0 Å². The van der Waals surface area contributed by atoms with Gasteiger partial charge in [0, 0.05) is 0 Å². The molecule has 0 aliphatic heterocycles. The predicted octanol–water partition coefficient (Wildman–Crippen LogP) is 4.33. The fraction of sp³-hybridized carbons (Fsp3) is 1.00. The van der Waals surface area contributed by atoms with Crippen molar-refractivity contribution >= 4 is 7.92 Å². The van der Waals surface area contributed by atoms with Crippen LogP contribution in [0.15, 0.2) is 0 Å². The molecule has 0 heterocycles. The van der Waals surface area contributed by atoms with Crippen molar-refractivity contribution < 1.29 is 0 Å². The van der Waals surface area contributed by atoms with Crippen molar-refractivity contribution in [1.29, 1.82) is 0 Å². The average molecular weight is 200 g/mol. The zero-order valence-electron chi connectivity index (χ0n) is 9.88. The zero-order valence-corrected chi connectivity index (χ0v) is 10.8. The third-order valence-corrected chi connectivity index (χ3v) is 7.04. The van der Waals surface area contributed by atoms with Crippen molar-refractivity contribution in [1.82, 2.24) is 0 Å². The Hall–Kier alpha value is 0.430. The molecule has 0 aromatic rings. The fourth-order valence-electron chi connectivity index (χ4n) is 2.64. The Morgan fingerprint density at radius 3 is 2.15 bits per heavy atom. The Bertz CT molecular complexity index is 151. The van der Waals surface area contributed by atoms with Gasteiger partial charge in [0.2, 0.25) is 0 Å². The summed E-state index contributed by atoms with van der Waals surface area (Å²) in [4.78, 5) is 0. The summed E-state index contributed by atoms with van der Waals surface area (Å²) in [5.74, 6) is 1.95. The van der Waals surface area contributed by atoms with Gasteiger partial charge in [-0.15, -0.1) is 7.92 Å². The summed E-state index contributed by atoms with van der Waals surface area (Å²) in [7, 11) is 0.288. The smallest absolute Gasteiger partial charge is 0.0179 e. The molecule has 1 aliphatic carbocycles. The standard InChI is InChI=1S/C12H25P/c1-9(2)11-7-6-8-12(11)13(5)10(3)4/h9-12H,6-8H2,1-5H3. The van der Waals surface area contributed by atoms with Crippen LogP contribution >= 0.6 is 7.92 Å². The summed E-state index contributed by atoms with van der Waals surface area (Å²) < 4.78 is 0. The molecular weight excluding hydrogens is 175 g/mol. The molecule has 78 valence electrons. The molecule has 0 N–H and O–H groups in total. The first kappa shape index (κ1) is 11.5. The van der Waals surface area contributed by atoms with E-state index in [2.05, 4.69) is 34.4 Å². The SMILES string of the molecule is CC(C)C1CCCC1P(C)C(C)C. The highest BCUT2D eigenvalue weighted by atomic mass is 31.1. The van der Waals surface area contributed by atoms with E-state index in [1.165, 1.54) is 19.3 Å². The van der Waals surface area contributed by atoms with Gasteiger partial charge >= 0.3 is 0 Å². The van der Waals surface area contributed by atoms with Crippen LogP contribution in [0, 0.1) is 11.8 Å². The van der Waals surface area contributed by atoms with Crippen LogP contribution in [0.1, 0.15) is 47.0 Å². The topological polar surface area (TPSA) is 0 Å². The number of rotatable bonds is 3. The molecule has 1 fully saturated rings. The third kappa shape index (κ3) is 2.69. The monoisotopic (exact) mass is 200 g/mol. The molecule has 0 nitrogen and oxygen atoms in total. The first-order chi connectivity index (χ1) is 6.04. The fourth-order valence-corrected chi connectivity index (χ4v) is 5.09. The molecule has 3 unspecified atom stereocenters. The maximum absolute atomic E-state index is 2.52. The summed E-state index contributed by atoms with van der Waals surface area (Å²) in [5.41, 5.74) is 2.01. The Morgan fingerprint density at radius 1 is 1.08 bits per heavy atom. The summed E-state index contributed by atoms with van der Waals surface area (Å²) in [6.07, 6.45) is 4.51. The molecule has 0 aromatic carbocycles. The quantitative estimate of drug-likeness (QED) is 0.595. The van der Waals surface area contributed by atoms with Gasteiger partial charge in [0.1, 0.15) is 0 Å². The first-order valence-electron chi connectivity index (χ1n) is 5.76. The zero-order chi connectivity index (χ0) is 10.0. The molecule has 0 aromatic heterocycles. The van der Waals surface area contributed by atoms with Crippen LogP contribution < -0.4 is 0 Å². The molecule has 1 aliphatic rings. The van der Waals surface area contributed by atoms with Gasteiger partial charge in [-0.1, -0.05) is 34.1 Å². The molecule has 0 saturated heterocycles. The Balaban J connectivity index is 2.57. The Labute approximate surface area is 85.2 Å². The van der Waals surface area contributed by atoms with Gasteiger partial charge in [-0.05, 0) is 42.7 Å². The van der Waals surface area contributed by atoms with Crippen molar-refractivity contribution in [3.05, 3.63) is 0 Å². The normalized spacial score (nSPS) is 31.6. The van der Waals surface area contributed by atoms with Gasteiger partial charge < -0.3 is 0 Å². The Morgan fingerprint density at radius 2 is 1.69 bits per heavy atom. The first-order valence-corrected chi connectivity index (χ1v) is 7.68. The molecular formula is C12H25P. The third-order valence-electron chi connectivity index (χ3n) is 3.73. The molecule has 13 heavy (non-hydrogen) atoms. The molecule has 0 amide bonds. The van der Waals surface area contributed by atoms with E-state index in [4.69, 9.17) is 0 Å². The highest BCUT2D eigenvalue weighted by molar-refractivity contribution is 7.58. The van der Waals surface area contributed by atoms with Gasteiger partial charge in [0.15, 0.2) is 0 Å². The lowest BCUT2D eigenvalue weighted by Gasteiger charge is -2.31. The van der Waals surface area contributed by atoms with Crippen molar-refractivity contribution in [2.45, 2.75) is 58.3 Å². The van der Waals surface area contributed by atoms with Crippen molar-refractivity contribution in [3.8, 4) is 0 Å². The van der Waals surface area contributed by atoms with Crippen LogP contribution in [0.4, 0.5) is 0 Å². The van der Waals surface area contributed by atoms with Gasteiger partial charge in [0.25, 0.3) is 0 Å². The van der Waals surface area contributed by atoms with Crippen LogP contribution in [0.5, 0.6) is 0 Å². The molecule has 3 atom stereocenters. The van der Waals surface area contributed by atoms with E-state index < -0.39 is 0 Å². The number of hydrogen-bond acceptors (Lipinski definition) is 0. The van der Waals surface area contributed by atoms with E-state index in [1.807, 2.05) is 0 Å². The lowest BCUT2D eigenvalue weighted by molar-refractivity contribution is 0.401. The van der Waals surface area contributed by atoms with Crippen LogP contribution in [0.25, 0.3) is 0 Å². The summed E-state index contributed by atoms with van der Waals surface area (Å²) in [5, 5.41) is 0. The minimum atomic E-state index is 0.288. The second-order valence-electron chi connectivity index (χ2n) is 5.17. The molecule has 0 spiro atoms. The average Bonchev–Trinajstić information content (AvgIpc) is 2.50. The summed E-state index contributed by atoms with van der Waals surface area (Å²) in [6, 6.07) is 0. The maximum atomic E-state index is 2.52. The van der Waals surface area contributed by atoms with Crippen molar-refractivity contribution in [2.75, 3.05) is 6.66 Å². The summed E-state index contributed by atoms with van der Waals surface area (Å²) >= 11 is 0. The van der Waals surface area contributed by atoms with Gasteiger partial charge in [-0.3, -0.25) is 0 Å². The van der Waals surface area contributed by atoms with Crippen LogP contribution in [0.3, 0.4) is 0 Å². The molecule has 1 saturated carbocycles. The molecule has 1 heteroatoms. The minimum absolute atomic E-state index is 0.288. The van der Waals surface area contributed by atoms with E-state index in [1.54, 1.807) is 0 Å². The van der Waals surface area contributed by atoms with Gasteiger partial charge in [-0.2, -0.15) is 0 Å². The van der Waals surface area contributed by atoms with E-state index >= 15 is 0 Å². The van der Waals surface area contributed by atoms with E-state index in [9.17, 15) is 0 Å². The van der Waals surface area contributed by atoms with Crippen LogP contribution in [-0.2, 0) is 0 Å². The summed E-state index contributed by atoms with van der Waals surface area (Å²) in [6.45, 7) is 12.1. The molecule has 0 radical (unpaired) electrons. The van der Waals surface area contributed by atoms with E-state index in [0.717, 1.165) is 23.2 Å². The second kappa shape index (κ2) is 4.78. The van der Waals surface area contributed by atoms with Crippen LogP contribution in [0.2, 0.25) is 0 Å². The van der Waals surface area contributed by atoms with E-state index in [-0.39, 0.29) is 7.92 Å². The Kier molecular flexibility index (Phi) is 4.23. The van der Waals surface area contributed by atoms with Gasteiger partial charge in [-0.25, -0.2) is 0 Å². The lowest BCUT2D eigenvalue weighted by Crippen LogP contribution is -2.20. The number of hydrogen-bond donors (Lipinski definition) is 0. The second-order valence-corrected chi connectivity index (χ2v) is 8.19. The van der Waals surface area contributed by atoms with Crippen molar-refractivity contribution in [2.24, 2.45) is 11.8 Å². The minimum Gasteiger partial charge on any atom is -0.104 e. The maximum Gasteiger partial charge on any atom is -0.0179 e. The van der Waals surface area contributed by atoms with Crippen molar-refractivity contribution in [3.63, 3.8) is 0 Å². The lowest BCUT2D eigenvalue weighted by atomic mass is 9.94. The molecule has 1 rings (SSSR count). The highest BCUT2D eigenvalue weighted by Gasteiger charge is 2.33. The predicted molar refractivity (Wildman–Crippen MR) is 63.9 cm³/mol. The largest absolute Gasteiger partial charge is 0.104 e. The van der Waals surface area contributed by atoms with E-state index in [0.29, 0.717) is 0 Å². The molecule has 0 bridgehead atoms.